The van der Waals surface area contributed by atoms with Gasteiger partial charge in [-0.25, -0.2) is 9.78 Å². The van der Waals surface area contributed by atoms with E-state index in [4.69, 9.17) is 0 Å². The number of aromatic nitrogens is 4. The fourth-order valence-corrected chi connectivity index (χ4v) is 3.76. The minimum absolute atomic E-state index is 0.0803. The van der Waals surface area contributed by atoms with Crippen LogP contribution < -0.4 is 5.32 Å². The van der Waals surface area contributed by atoms with E-state index in [2.05, 4.69) is 25.1 Å². The molecule has 4 rings (SSSR count). The number of likely N-dealkylation sites (tertiary alicyclic amines) is 1. The first-order valence-electron chi connectivity index (χ1n) is 9.15. The Balaban J connectivity index is 1.25. The summed E-state index contributed by atoms with van der Waals surface area (Å²) < 4.78 is 2.19. The second-order valence-electron chi connectivity index (χ2n) is 7.53. The van der Waals surface area contributed by atoms with E-state index in [0.717, 1.165) is 44.8 Å². The second-order valence-corrected chi connectivity index (χ2v) is 7.53. The number of rotatable bonds is 5. The lowest BCUT2D eigenvalue weighted by Crippen LogP contribution is -2.46. The number of urea groups is 1. The van der Waals surface area contributed by atoms with E-state index in [0.29, 0.717) is 5.92 Å². The molecule has 0 spiro atoms. The lowest BCUT2D eigenvalue weighted by molar-refractivity contribution is 0.178. The highest BCUT2D eigenvalue weighted by molar-refractivity contribution is 5.74. The standard InChI is InChI=1S/C18H26N6O/c1-14-19-8-11-24(14)13-18(5-6-18)12-20-17(25)23-9-3-15(4-10-23)16-2-7-21-22-16/h2,7-8,11,15H,3-6,9-10,12-13H2,1H3,(H,20,25)(H,21,22). The lowest BCUT2D eigenvalue weighted by Gasteiger charge is -2.32. The molecule has 2 aromatic heterocycles. The van der Waals surface area contributed by atoms with Crippen molar-refractivity contribution in [3.05, 3.63) is 36.2 Å². The maximum atomic E-state index is 12.5. The van der Waals surface area contributed by atoms with Crippen molar-refractivity contribution in [1.29, 1.82) is 0 Å². The molecule has 0 aromatic carbocycles. The number of hydrogen-bond acceptors (Lipinski definition) is 3. The maximum Gasteiger partial charge on any atom is 0.317 e. The van der Waals surface area contributed by atoms with Crippen molar-refractivity contribution in [1.82, 2.24) is 30.0 Å². The van der Waals surface area contributed by atoms with Gasteiger partial charge < -0.3 is 14.8 Å². The summed E-state index contributed by atoms with van der Waals surface area (Å²) in [6, 6.07) is 2.12. The minimum Gasteiger partial charge on any atom is -0.337 e. The highest BCUT2D eigenvalue weighted by Crippen LogP contribution is 2.46. The second kappa shape index (κ2) is 6.54. The highest BCUT2D eigenvalue weighted by Gasteiger charge is 2.43. The Bertz CT molecular complexity index is 710. The fraction of sp³-hybridized carbons (Fsp3) is 0.611. The largest absolute Gasteiger partial charge is 0.337 e. The van der Waals surface area contributed by atoms with E-state index in [9.17, 15) is 4.79 Å². The smallest absolute Gasteiger partial charge is 0.317 e. The van der Waals surface area contributed by atoms with Crippen molar-refractivity contribution in [2.45, 2.75) is 45.1 Å². The highest BCUT2D eigenvalue weighted by atomic mass is 16.2. The summed E-state index contributed by atoms with van der Waals surface area (Å²) in [5.41, 5.74) is 1.41. The summed E-state index contributed by atoms with van der Waals surface area (Å²) in [6.45, 7) is 5.34. The van der Waals surface area contributed by atoms with Crippen LogP contribution in [-0.4, -0.2) is 50.3 Å². The first kappa shape index (κ1) is 16.2. The van der Waals surface area contributed by atoms with E-state index in [1.165, 1.54) is 18.5 Å². The number of hydrogen-bond donors (Lipinski definition) is 2. The summed E-state index contributed by atoms with van der Waals surface area (Å²) in [5.74, 6) is 1.53. The molecule has 0 bridgehead atoms. The Morgan fingerprint density at radius 3 is 2.76 bits per heavy atom. The number of carbonyl (C=O) groups is 1. The molecule has 1 aliphatic heterocycles. The number of aryl methyl sites for hydroxylation is 1. The van der Waals surface area contributed by atoms with Gasteiger partial charge in [0.1, 0.15) is 5.82 Å². The van der Waals surface area contributed by atoms with Crippen LogP contribution in [0, 0.1) is 12.3 Å². The van der Waals surface area contributed by atoms with Crippen LogP contribution in [0.15, 0.2) is 24.7 Å². The number of nitrogens with one attached hydrogen (secondary N) is 2. The molecule has 1 saturated carbocycles. The molecule has 2 fully saturated rings. The molecule has 0 radical (unpaired) electrons. The van der Waals surface area contributed by atoms with Crippen LogP contribution >= 0.6 is 0 Å². The average Bonchev–Trinajstić information content (AvgIpc) is 3.00. The van der Waals surface area contributed by atoms with Gasteiger partial charge in [0.2, 0.25) is 0 Å². The predicted octanol–water partition coefficient (Wildman–Crippen LogP) is 2.28. The number of carbonyl (C=O) groups excluding carboxylic acids is 1. The van der Waals surface area contributed by atoms with Crippen molar-refractivity contribution in [2.24, 2.45) is 5.41 Å². The molecule has 3 heterocycles. The van der Waals surface area contributed by atoms with Crippen LogP contribution in [0.4, 0.5) is 4.79 Å². The molecule has 7 heteroatoms. The number of nitrogens with zero attached hydrogens (tertiary/aromatic N) is 4. The van der Waals surface area contributed by atoms with Crippen LogP contribution in [-0.2, 0) is 6.54 Å². The normalized spacial score (nSPS) is 19.8. The van der Waals surface area contributed by atoms with E-state index in [1.807, 2.05) is 30.3 Å². The van der Waals surface area contributed by atoms with Gasteiger partial charge in [0.15, 0.2) is 0 Å². The van der Waals surface area contributed by atoms with Gasteiger partial charge in [-0.3, -0.25) is 5.10 Å². The van der Waals surface area contributed by atoms with Gasteiger partial charge in [-0.15, -0.1) is 0 Å². The third kappa shape index (κ3) is 3.55. The van der Waals surface area contributed by atoms with Gasteiger partial charge in [0, 0.05) is 61.8 Å². The zero-order valence-corrected chi connectivity index (χ0v) is 14.7. The number of piperidine rings is 1. The van der Waals surface area contributed by atoms with Gasteiger partial charge in [-0.2, -0.15) is 5.10 Å². The van der Waals surface area contributed by atoms with Crippen molar-refractivity contribution in [3.63, 3.8) is 0 Å². The van der Waals surface area contributed by atoms with Crippen LogP contribution in [0.5, 0.6) is 0 Å². The van der Waals surface area contributed by atoms with Crippen molar-refractivity contribution >= 4 is 6.03 Å². The molecule has 25 heavy (non-hydrogen) atoms. The summed E-state index contributed by atoms with van der Waals surface area (Å²) in [5, 5.41) is 10.3. The lowest BCUT2D eigenvalue weighted by atomic mass is 9.94. The van der Waals surface area contributed by atoms with E-state index in [-0.39, 0.29) is 11.4 Å². The van der Waals surface area contributed by atoms with Crippen molar-refractivity contribution in [2.75, 3.05) is 19.6 Å². The molecular weight excluding hydrogens is 316 g/mol. The predicted molar refractivity (Wildman–Crippen MR) is 94.2 cm³/mol. The zero-order chi connectivity index (χ0) is 17.3. The Hall–Kier alpha value is -2.31. The third-order valence-electron chi connectivity index (χ3n) is 5.75. The monoisotopic (exact) mass is 342 g/mol. The van der Waals surface area contributed by atoms with Gasteiger partial charge >= 0.3 is 6.03 Å². The summed E-state index contributed by atoms with van der Waals surface area (Å²) in [4.78, 5) is 18.7. The molecule has 1 saturated heterocycles. The third-order valence-corrected chi connectivity index (χ3v) is 5.75. The maximum absolute atomic E-state index is 12.5. The van der Waals surface area contributed by atoms with Crippen molar-refractivity contribution in [3.8, 4) is 0 Å². The first-order valence-corrected chi connectivity index (χ1v) is 9.15. The summed E-state index contributed by atoms with van der Waals surface area (Å²) >= 11 is 0. The molecule has 2 amide bonds. The van der Waals surface area contributed by atoms with Crippen molar-refractivity contribution < 1.29 is 4.79 Å². The van der Waals surface area contributed by atoms with Crippen LogP contribution in [0.3, 0.4) is 0 Å². The van der Waals surface area contributed by atoms with E-state index >= 15 is 0 Å². The number of H-pyrrole nitrogens is 1. The average molecular weight is 342 g/mol. The van der Waals surface area contributed by atoms with Gasteiger partial charge in [0.25, 0.3) is 0 Å². The Kier molecular flexibility index (Phi) is 4.23. The quantitative estimate of drug-likeness (QED) is 0.875. The molecular formula is C18H26N6O. The molecule has 134 valence electrons. The summed E-state index contributed by atoms with van der Waals surface area (Å²) in [6.07, 6.45) is 10.0. The Labute approximate surface area is 147 Å². The molecule has 2 aliphatic rings. The Morgan fingerprint density at radius 1 is 1.36 bits per heavy atom. The van der Waals surface area contributed by atoms with Crippen LogP contribution in [0.1, 0.15) is 43.1 Å². The van der Waals surface area contributed by atoms with Gasteiger partial charge in [-0.1, -0.05) is 0 Å². The minimum atomic E-state index is 0.0803. The fourth-order valence-electron chi connectivity index (χ4n) is 3.76. The van der Waals surface area contributed by atoms with Crippen LogP contribution in [0.25, 0.3) is 0 Å². The topological polar surface area (TPSA) is 78.8 Å². The molecule has 0 unspecified atom stereocenters. The molecule has 2 aromatic rings. The summed E-state index contributed by atoms with van der Waals surface area (Å²) in [7, 11) is 0. The van der Waals surface area contributed by atoms with E-state index < -0.39 is 0 Å². The first-order chi connectivity index (χ1) is 12.2. The number of amides is 2. The zero-order valence-electron chi connectivity index (χ0n) is 14.7. The molecule has 7 nitrogen and oxygen atoms in total. The number of aromatic amines is 1. The SMILES string of the molecule is Cc1nccn1CC1(CNC(=O)N2CCC(c3ccn[nH]3)CC2)CC1. The molecule has 2 N–H and O–H groups in total. The number of imidazole rings is 1. The van der Waals surface area contributed by atoms with Gasteiger partial charge in [0.05, 0.1) is 0 Å². The molecule has 0 atom stereocenters. The molecule has 1 aliphatic carbocycles. The van der Waals surface area contributed by atoms with E-state index in [1.54, 1.807) is 6.20 Å². The van der Waals surface area contributed by atoms with Gasteiger partial charge in [-0.05, 0) is 38.7 Å². The van der Waals surface area contributed by atoms with Crippen LogP contribution in [0.2, 0.25) is 0 Å². The Morgan fingerprint density at radius 2 is 2.16 bits per heavy atom.